The topological polar surface area (TPSA) is 43.4 Å². The Bertz CT molecular complexity index is 570. The van der Waals surface area contributed by atoms with Crippen LogP contribution in [0.4, 0.5) is 4.39 Å². The number of ether oxygens (including phenoxy) is 2. The standard InChI is InChI=1S/C14H15FN2O2/c15-12-3-4-13(14-11(12)2-1-5-17-14)19-9-10-8-16-6-7-18-10/h1-5,10,16H,6-9H2/t10-/m0/s1. The van der Waals surface area contributed by atoms with E-state index in [1.807, 2.05) is 0 Å². The van der Waals surface area contributed by atoms with E-state index in [1.54, 1.807) is 24.4 Å². The van der Waals surface area contributed by atoms with E-state index in [-0.39, 0.29) is 11.9 Å². The molecule has 3 rings (SSSR count). The van der Waals surface area contributed by atoms with Gasteiger partial charge >= 0.3 is 0 Å². The molecule has 0 unspecified atom stereocenters. The predicted octanol–water partition coefficient (Wildman–Crippen LogP) is 1.74. The highest BCUT2D eigenvalue weighted by Crippen LogP contribution is 2.25. The van der Waals surface area contributed by atoms with Crippen LogP contribution in [0.1, 0.15) is 0 Å². The van der Waals surface area contributed by atoms with E-state index >= 15 is 0 Å². The molecule has 1 atom stereocenters. The van der Waals surface area contributed by atoms with Crippen LogP contribution in [-0.2, 0) is 4.74 Å². The molecule has 100 valence electrons. The van der Waals surface area contributed by atoms with Gasteiger partial charge in [0.2, 0.25) is 0 Å². The zero-order chi connectivity index (χ0) is 13.1. The van der Waals surface area contributed by atoms with Gasteiger partial charge in [0.1, 0.15) is 29.8 Å². The van der Waals surface area contributed by atoms with Gasteiger partial charge in [0.05, 0.1) is 6.61 Å². The average molecular weight is 262 g/mol. The Hall–Kier alpha value is -1.72. The molecule has 1 aromatic carbocycles. The zero-order valence-electron chi connectivity index (χ0n) is 10.4. The van der Waals surface area contributed by atoms with Crippen molar-refractivity contribution in [2.45, 2.75) is 6.10 Å². The molecule has 1 saturated heterocycles. The number of halogens is 1. The van der Waals surface area contributed by atoms with Crippen molar-refractivity contribution in [1.29, 1.82) is 0 Å². The fraction of sp³-hybridized carbons (Fsp3) is 0.357. The number of aromatic nitrogens is 1. The maximum absolute atomic E-state index is 13.6. The molecule has 1 aliphatic heterocycles. The molecule has 0 saturated carbocycles. The monoisotopic (exact) mass is 262 g/mol. The van der Waals surface area contributed by atoms with Crippen molar-refractivity contribution in [2.24, 2.45) is 0 Å². The van der Waals surface area contributed by atoms with Gasteiger partial charge in [-0.1, -0.05) is 0 Å². The number of hydrogen-bond donors (Lipinski definition) is 1. The lowest BCUT2D eigenvalue weighted by Gasteiger charge is -2.23. The van der Waals surface area contributed by atoms with E-state index < -0.39 is 0 Å². The normalized spacial score (nSPS) is 19.5. The summed E-state index contributed by atoms with van der Waals surface area (Å²) in [5.41, 5.74) is 0.547. The Labute approximate surface area is 110 Å². The van der Waals surface area contributed by atoms with Gasteiger partial charge in [-0.05, 0) is 24.3 Å². The molecule has 1 N–H and O–H groups in total. The minimum absolute atomic E-state index is 0.0255. The molecule has 2 aromatic rings. The second-order valence-electron chi connectivity index (χ2n) is 4.45. The van der Waals surface area contributed by atoms with Crippen LogP contribution in [0.3, 0.4) is 0 Å². The minimum atomic E-state index is -0.286. The molecular formula is C14H15FN2O2. The van der Waals surface area contributed by atoms with Crippen LogP contribution in [0, 0.1) is 5.82 Å². The molecule has 1 aromatic heterocycles. The highest BCUT2D eigenvalue weighted by molar-refractivity contribution is 5.84. The highest BCUT2D eigenvalue weighted by atomic mass is 19.1. The van der Waals surface area contributed by atoms with Crippen LogP contribution in [-0.4, -0.2) is 37.4 Å². The summed E-state index contributed by atoms with van der Waals surface area (Å²) >= 11 is 0. The fourth-order valence-corrected chi connectivity index (χ4v) is 2.14. The third kappa shape index (κ3) is 2.67. The number of fused-ring (bicyclic) bond motifs is 1. The predicted molar refractivity (Wildman–Crippen MR) is 69.8 cm³/mol. The number of rotatable bonds is 3. The van der Waals surface area contributed by atoms with Crippen molar-refractivity contribution in [1.82, 2.24) is 10.3 Å². The smallest absolute Gasteiger partial charge is 0.145 e. The van der Waals surface area contributed by atoms with Gasteiger partial charge in [0.25, 0.3) is 0 Å². The quantitative estimate of drug-likeness (QED) is 0.915. The average Bonchev–Trinajstić information content (AvgIpc) is 2.48. The van der Waals surface area contributed by atoms with Gasteiger partial charge in [0.15, 0.2) is 0 Å². The van der Waals surface area contributed by atoms with Gasteiger partial charge in [-0.25, -0.2) is 4.39 Å². The third-order valence-electron chi connectivity index (χ3n) is 3.11. The van der Waals surface area contributed by atoms with E-state index in [1.165, 1.54) is 6.07 Å². The van der Waals surface area contributed by atoms with Gasteiger partial charge in [-0.15, -0.1) is 0 Å². The molecule has 0 aliphatic carbocycles. The number of pyridine rings is 1. The van der Waals surface area contributed by atoms with Crippen molar-refractivity contribution in [2.75, 3.05) is 26.3 Å². The molecular weight excluding hydrogens is 247 g/mol. The van der Waals surface area contributed by atoms with Gasteiger partial charge < -0.3 is 14.8 Å². The van der Waals surface area contributed by atoms with Crippen LogP contribution in [0.25, 0.3) is 10.9 Å². The zero-order valence-corrected chi connectivity index (χ0v) is 10.4. The number of morpholine rings is 1. The number of benzene rings is 1. The van der Waals surface area contributed by atoms with Crippen molar-refractivity contribution in [3.05, 3.63) is 36.3 Å². The first kappa shape index (κ1) is 12.3. The Morgan fingerprint density at radius 2 is 2.37 bits per heavy atom. The lowest BCUT2D eigenvalue weighted by Crippen LogP contribution is -2.41. The lowest BCUT2D eigenvalue weighted by atomic mass is 10.2. The van der Waals surface area contributed by atoms with Crippen LogP contribution in [0.5, 0.6) is 5.75 Å². The van der Waals surface area contributed by atoms with E-state index in [9.17, 15) is 4.39 Å². The van der Waals surface area contributed by atoms with Crippen molar-refractivity contribution in [3.8, 4) is 5.75 Å². The second kappa shape index (κ2) is 5.50. The van der Waals surface area contributed by atoms with Crippen LogP contribution in [0.2, 0.25) is 0 Å². The summed E-state index contributed by atoms with van der Waals surface area (Å²) in [6.45, 7) is 2.77. The molecule has 0 spiro atoms. The Balaban J connectivity index is 1.79. The maximum Gasteiger partial charge on any atom is 0.145 e. The fourth-order valence-electron chi connectivity index (χ4n) is 2.14. The summed E-state index contributed by atoms with van der Waals surface area (Å²) < 4.78 is 24.9. The van der Waals surface area contributed by atoms with Crippen molar-refractivity contribution < 1.29 is 13.9 Å². The second-order valence-corrected chi connectivity index (χ2v) is 4.45. The highest BCUT2D eigenvalue weighted by Gasteiger charge is 2.15. The van der Waals surface area contributed by atoms with Crippen molar-refractivity contribution in [3.63, 3.8) is 0 Å². The van der Waals surface area contributed by atoms with Crippen LogP contribution >= 0.6 is 0 Å². The molecule has 1 fully saturated rings. The van der Waals surface area contributed by atoms with E-state index in [2.05, 4.69) is 10.3 Å². The molecule has 2 heterocycles. The summed E-state index contributed by atoms with van der Waals surface area (Å²) in [7, 11) is 0. The minimum Gasteiger partial charge on any atom is -0.489 e. The summed E-state index contributed by atoms with van der Waals surface area (Å²) in [6.07, 6.45) is 1.66. The lowest BCUT2D eigenvalue weighted by molar-refractivity contribution is 0.000468. The number of nitrogens with zero attached hydrogens (tertiary/aromatic N) is 1. The number of nitrogens with one attached hydrogen (secondary N) is 1. The number of hydrogen-bond acceptors (Lipinski definition) is 4. The molecule has 5 heteroatoms. The first-order valence-corrected chi connectivity index (χ1v) is 6.33. The molecule has 0 amide bonds. The summed E-state index contributed by atoms with van der Waals surface area (Å²) in [4.78, 5) is 4.18. The van der Waals surface area contributed by atoms with Gasteiger partial charge in [0, 0.05) is 24.7 Å². The molecule has 0 bridgehead atoms. The third-order valence-corrected chi connectivity index (χ3v) is 3.11. The Morgan fingerprint density at radius 3 is 3.21 bits per heavy atom. The maximum atomic E-state index is 13.6. The molecule has 4 nitrogen and oxygen atoms in total. The largest absolute Gasteiger partial charge is 0.489 e. The van der Waals surface area contributed by atoms with Crippen LogP contribution < -0.4 is 10.1 Å². The Kier molecular flexibility index (Phi) is 3.57. The van der Waals surface area contributed by atoms with Gasteiger partial charge in [-0.2, -0.15) is 0 Å². The van der Waals surface area contributed by atoms with Crippen LogP contribution in [0.15, 0.2) is 30.5 Å². The van der Waals surface area contributed by atoms with E-state index in [4.69, 9.17) is 9.47 Å². The first-order valence-electron chi connectivity index (χ1n) is 6.33. The van der Waals surface area contributed by atoms with Crippen molar-refractivity contribution >= 4 is 10.9 Å². The Morgan fingerprint density at radius 1 is 1.42 bits per heavy atom. The molecule has 1 aliphatic rings. The summed E-state index contributed by atoms with van der Waals surface area (Å²) in [6, 6.07) is 6.42. The van der Waals surface area contributed by atoms with E-state index in [0.717, 1.165) is 13.1 Å². The van der Waals surface area contributed by atoms with Gasteiger partial charge in [-0.3, -0.25) is 4.98 Å². The molecule has 0 radical (unpaired) electrons. The SMILES string of the molecule is Fc1ccc(OC[C@@H]2CNCCO2)c2ncccc12. The summed E-state index contributed by atoms with van der Waals surface area (Å²) in [5.74, 6) is 0.303. The first-order chi connectivity index (χ1) is 9.34. The van der Waals surface area contributed by atoms with E-state index in [0.29, 0.717) is 29.9 Å². The molecule has 19 heavy (non-hydrogen) atoms. The summed E-state index contributed by atoms with van der Waals surface area (Å²) in [5, 5.41) is 3.71.